The topological polar surface area (TPSA) is 96.2 Å². The molecule has 134 valence electrons. The van der Waals surface area contributed by atoms with Crippen LogP contribution in [0.5, 0.6) is 0 Å². The summed E-state index contributed by atoms with van der Waals surface area (Å²) < 4.78 is 11.2. The molecular weight excluding hydrogens is 300 g/mol. The molecule has 6 nitrogen and oxygen atoms in total. The van der Waals surface area contributed by atoms with Gasteiger partial charge < -0.3 is 24.8 Å². The van der Waals surface area contributed by atoms with Crippen molar-refractivity contribution in [1.82, 2.24) is 0 Å². The Balaban J connectivity index is 2.08. The molecule has 1 aliphatic rings. The lowest BCUT2D eigenvalue weighted by Gasteiger charge is -2.36. The number of unbranched alkanes of at least 4 members (excludes halogenated alkanes) is 4. The van der Waals surface area contributed by atoms with Crippen molar-refractivity contribution in [2.75, 3.05) is 0 Å². The first kappa shape index (κ1) is 20.1. The molecule has 3 N–H and O–H groups in total. The number of aliphatic carboxylic acids is 1. The van der Waals surface area contributed by atoms with Gasteiger partial charge in [0, 0.05) is 12.5 Å². The average molecular weight is 330 g/mol. The van der Waals surface area contributed by atoms with Gasteiger partial charge >= 0.3 is 5.97 Å². The van der Waals surface area contributed by atoms with Crippen molar-refractivity contribution >= 4 is 5.97 Å². The standard InChI is InChI=1S/C17H30O6/c1-12(9-7-5-3-4-6-8-10-16(20)21)22-17-15(19)11-14(18)13(2)23-17/h8,10,12-15,17-19H,3-7,9,11H2,1-2H3,(H,20,21)/b10-8+/t12-,13?,14-,15?,17-/m1/s1. The Morgan fingerprint density at radius 2 is 1.96 bits per heavy atom. The fourth-order valence-corrected chi connectivity index (χ4v) is 2.59. The molecule has 23 heavy (non-hydrogen) atoms. The fraction of sp³-hybridized carbons (Fsp3) is 0.824. The second kappa shape index (κ2) is 10.8. The number of rotatable bonds is 10. The summed E-state index contributed by atoms with van der Waals surface area (Å²) in [6.07, 6.45) is 6.53. The predicted octanol–water partition coefficient (Wildman–Crippen LogP) is 2.23. The minimum atomic E-state index is -0.898. The van der Waals surface area contributed by atoms with E-state index in [2.05, 4.69) is 0 Å². The zero-order chi connectivity index (χ0) is 17.2. The molecule has 0 aromatic carbocycles. The highest BCUT2D eigenvalue weighted by molar-refractivity contribution is 5.79. The highest BCUT2D eigenvalue weighted by atomic mass is 16.7. The molecular formula is C17H30O6. The van der Waals surface area contributed by atoms with Crippen LogP contribution in [0.15, 0.2) is 12.2 Å². The van der Waals surface area contributed by atoms with Gasteiger partial charge in [-0.25, -0.2) is 4.79 Å². The van der Waals surface area contributed by atoms with Crippen LogP contribution < -0.4 is 0 Å². The van der Waals surface area contributed by atoms with E-state index < -0.39 is 24.5 Å². The first-order valence-corrected chi connectivity index (χ1v) is 8.46. The number of hydrogen-bond donors (Lipinski definition) is 3. The van der Waals surface area contributed by atoms with Gasteiger partial charge in [0.1, 0.15) is 6.10 Å². The molecule has 0 aliphatic carbocycles. The molecule has 5 atom stereocenters. The quantitative estimate of drug-likeness (QED) is 0.420. The number of aliphatic hydroxyl groups excluding tert-OH is 2. The third kappa shape index (κ3) is 8.46. The fourth-order valence-electron chi connectivity index (χ4n) is 2.59. The van der Waals surface area contributed by atoms with Gasteiger partial charge in [-0.1, -0.05) is 25.3 Å². The molecule has 1 rings (SSSR count). The van der Waals surface area contributed by atoms with Crippen molar-refractivity contribution in [1.29, 1.82) is 0 Å². The molecule has 1 aliphatic heterocycles. The SMILES string of the molecule is CC1O[C@@H](O[C@H](C)CCCCCC/C=C/C(=O)O)C(O)C[C@H]1O. The van der Waals surface area contributed by atoms with Crippen molar-refractivity contribution in [2.45, 2.75) is 89.5 Å². The predicted molar refractivity (Wildman–Crippen MR) is 86.0 cm³/mol. The molecule has 0 aromatic rings. The van der Waals surface area contributed by atoms with Gasteiger partial charge in [-0.2, -0.15) is 0 Å². The molecule has 0 saturated carbocycles. The van der Waals surface area contributed by atoms with Gasteiger partial charge in [0.25, 0.3) is 0 Å². The van der Waals surface area contributed by atoms with Gasteiger partial charge in [-0.3, -0.25) is 0 Å². The highest BCUT2D eigenvalue weighted by Gasteiger charge is 2.35. The maximum absolute atomic E-state index is 10.3. The van der Waals surface area contributed by atoms with E-state index >= 15 is 0 Å². The van der Waals surface area contributed by atoms with Crippen LogP contribution in [0.25, 0.3) is 0 Å². The van der Waals surface area contributed by atoms with Crippen LogP contribution in [0.3, 0.4) is 0 Å². The van der Waals surface area contributed by atoms with Crippen LogP contribution in [0.2, 0.25) is 0 Å². The minimum absolute atomic E-state index is 0.0102. The third-order valence-electron chi connectivity index (χ3n) is 4.05. The van der Waals surface area contributed by atoms with Gasteiger partial charge in [0.05, 0.1) is 18.3 Å². The Labute approximate surface area is 138 Å². The van der Waals surface area contributed by atoms with E-state index in [9.17, 15) is 15.0 Å². The lowest BCUT2D eigenvalue weighted by atomic mass is 10.0. The summed E-state index contributed by atoms with van der Waals surface area (Å²) in [5.74, 6) is -0.898. The van der Waals surface area contributed by atoms with Crippen molar-refractivity contribution in [2.24, 2.45) is 0 Å². The van der Waals surface area contributed by atoms with Crippen LogP contribution in [-0.2, 0) is 14.3 Å². The molecule has 0 aromatic heterocycles. The van der Waals surface area contributed by atoms with E-state index in [0.717, 1.165) is 38.5 Å². The summed E-state index contributed by atoms with van der Waals surface area (Å²) in [6.45, 7) is 3.73. The summed E-state index contributed by atoms with van der Waals surface area (Å²) >= 11 is 0. The van der Waals surface area contributed by atoms with E-state index in [0.29, 0.717) is 0 Å². The van der Waals surface area contributed by atoms with E-state index in [4.69, 9.17) is 14.6 Å². The summed E-state index contributed by atoms with van der Waals surface area (Å²) in [5, 5.41) is 28.0. The van der Waals surface area contributed by atoms with E-state index in [-0.39, 0.29) is 18.6 Å². The maximum atomic E-state index is 10.3. The van der Waals surface area contributed by atoms with Crippen molar-refractivity contribution < 1.29 is 29.6 Å². The first-order valence-electron chi connectivity index (χ1n) is 8.46. The number of aliphatic hydroxyl groups is 2. The third-order valence-corrected chi connectivity index (χ3v) is 4.05. The molecule has 0 amide bonds. The number of carbonyl (C=O) groups is 1. The highest BCUT2D eigenvalue weighted by Crippen LogP contribution is 2.23. The maximum Gasteiger partial charge on any atom is 0.327 e. The molecule has 1 heterocycles. The zero-order valence-electron chi connectivity index (χ0n) is 14.1. The molecule has 1 fully saturated rings. The first-order chi connectivity index (χ1) is 10.9. The smallest absolute Gasteiger partial charge is 0.327 e. The second-order valence-electron chi connectivity index (χ2n) is 6.26. The normalized spacial score (nSPS) is 29.7. The van der Waals surface area contributed by atoms with Crippen LogP contribution in [-0.4, -0.2) is 52.0 Å². The van der Waals surface area contributed by atoms with Gasteiger partial charge in [-0.15, -0.1) is 0 Å². The van der Waals surface area contributed by atoms with Crippen LogP contribution in [0.4, 0.5) is 0 Å². The summed E-state index contributed by atoms with van der Waals surface area (Å²) in [6, 6.07) is 0. The van der Waals surface area contributed by atoms with E-state index in [1.54, 1.807) is 13.0 Å². The molecule has 0 spiro atoms. The zero-order valence-corrected chi connectivity index (χ0v) is 14.1. The van der Waals surface area contributed by atoms with Gasteiger partial charge in [0.2, 0.25) is 0 Å². The van der Waals surface area contributed by atoms with Crippen LogP contribution in [0.1, 0.15) is 58.8 Å². The van der Waals surface area contributed by atoms with Gasteiger partial charge in [-0.05, 0) is 33.1 Å². The molecule has 6 heteroatoms. The van der Waals surface area contributed by atoms with Crippen LogP contribution >= 0.6 is 0 Å². The summed E-state index contributed by atoms with van der Waals surface area (Å²) in [4.78, 5) is 10.3. The minimum Gasteiger partial charge on any atom is -0.478 e. The van der Waals surface area contributed by atoms with Crippen molar-refractivity contribution in [3.8, 4) is 0 Å². The lowest BCUT2D eigenvalue weighted by Crippen LogP contribution is -2.48. The number of carboxylic acids is 1. The molecule has 2 unspecified atom stereocenters. The Morgan fingerprint density at radius 1 is 1.26 bits per heavy atom. The average Bonchev–Trinajstić information content (AvgIpc) is 2.47. The monoisotopic (exact) mass is 330 g/mol. The summed E-state index contributed by atoms with van der Waals surface area (Å²) in [5.41, 5.74) is 0. The number of hydrogen-bond acceptors (Lipinski definition) is 5. The number of ether oxygens (including phenoxy) is 2. The molecule has 0 bridgehead atoms. The van der Waals surface area contributed by atoms with E-state index in [1.165, 1.54) is 6.08 Å². The lowest BCUT2D eigenvalue weighted by molar-refractivity contribution is -0.273. The Hall–Kier alpha value is -0.950. The Morgan fingerprint density at radius 3 is 2.65 bits per heavy atom. The Bertz CT molecular complexity index is 370. The van der Waals surface area contributed by atoms with Crippen molar-refractivity contribution in [3.63, 3.8) is 0 Å². The Kier molecular flexibility index (Phi) is 9.40. The van der Waals surface area contributed by atoms with Gasteiger partial charge in [0.15, 0.2) is 6.29 Å². The largest absolute Gasteiger partial charge is 0.478 e. The van der Waals surface area contributed by atoms with Crippen LogP contribution in [0, 0.1) is 0 Å². The molecule has 1 saturated heterocycles. The van der Waals surface area contributed by atoms with E-state index in [1.807, 2.05) is 6.92 Å². The summed E-state index contributed by atoms with van der Waals surface area (Å²) in [7, 11) is 0. The number of carboxylic acid groups (broad SMARTS) is 1. The number of allylic oxidation sites excluding steroid dienone is 1. The second-order valence-corrected chi connectivity index (χ2v) is 6.26. The van der Waals surface area contributed by atoms with Crippen molar-refractivity contribution in [3.05, 3.63) is 12.2 Å². The molecule has 0 radical (unpaired) electrons.